The Morgan fingerprint density at radius 1 is 1.17 bits per heavy atom. The van der Waals surface area contributed by atoms with Crippen LogP contribution in [0, 0.1) is 0 Å². The first kappa shape index (κ1) is 17.3. The summed E-state index contributed by atoms with van der Waals surface area (Å²) in [5.74, 6) is -0.213. The molecule has 0 radical (unpaired) electrons. The van der Waals surface area contributed by atoms with Gasteiger partial charge in [0.15, 0.2) is 5.69 Å². The first-order valence-electron chi connectivity index (χ1n) is 6.72. The smallest absolute Gasteiger partial charge is 0.396 e. The number of aliphatic hydroxyl groups is 1. The van der Waals surface area contributed by atoms with Crippen LogP contribution in [-0.4, -0.2) is 28.2 Å². The monoisotopic (exact) mass is 346 g/mol. The lowest BCUT2D eigenvalue weighted by molar-refractivity contribution is -0.141. The number of nitrogens with one attached hydrogen (secondary N) is 2. The maximum absolute atomic E-state index is 12.9. The minimum Gasteiger partial charge on any atom is -0.396 e. The van der Waals surface area contributed by atoms with E-state index < -0.39 is 11.9 Å². The van der Waals surface area contributed by atoms with Crippen molar-refractivity contribution in [2.45, 2.75) is 12.6 Å². The number of hydrogen-bond donors (Lipinski definition) is 3. The van der Waals surface area contributed by atoms with Crippen molar-refractivity contribution in [1.29, 1.82) is 0 Å². The second-order valence-electron chi connectivity index (χ2n) is 4.57. The topological polar surface area (TPSA) is 70.1 Å². The van der Waals surface area contributed by atoms with E-state index in [-0.39, 0.29) is 24.9 Å². The van der Waals surface area contributed by atoms with Gasteiger partial charge in [0.05, 0.1) is 10.7 Å². The summed E-state index contributed by atoms with van der Waals surface area (Å²) < 4.78 is 38.8. The van der Waals surface area contributed by atoms with Crippen molar-refractivity contribution >= 4 is 29.1 Å². The fraction of sp³-hybridized carbons (Fsp3) is 0.286. The van der Waals surface area contributed by atoms with Crippen molar-refractivity contribution in [2.24, 2.45) is 0 Å². The molecule has 2 aromatic rings. The van der Waals surface area contributed by atoms with Crippen LogP contribution in [0.25, 0.3) is 0 Å². The second kappa shape index (κ2) is 7.47. The quantitative estimate of drug-likeness (QED) is 0.696. The molecule has 9 heteroatoms. The van der Waals surface area contributed by atoms with Crippen molar-refractivity contribution in [3.05, 3.63) is 41.0 Å². The molecule has 0 fully saturated rings. The van der Waals surface area contributed by atoms with E-state index in [1.807, 2.05) is 0 Å². The number of nitrogens with zero attached hydrogens (tertiary/aromatic N) is 2. The van der Waals surface area contributed by atoms with Crippen LogP contribution in [0.5, 0.6) is 0 Å². The highest BCUT2D eigenvalue weighted by Crippen LogP contribution is 2.31. The molecule has 1 aromatic heterocycles. The first-order chi connectivity index (χ1) is 10.9. The maximum atomic E-state index is 12.9. The molecular formula is C14H14ClF3N4O. The van der Waals surface area contributed by atoms with Crippen LogP contribution in [-0.2, 0) is 6.18 Å². The van der Waals surface area contributed by atoms with E-state index >= 15 is 0 Å². The molecule has 0 saturated carbocycles. The molecule has 0 saturated heterocycles. The third-order valence-corrected chi connectivity index (χ3v) is 3.10. The van der Waals surface area contributed by atoms with Gasteiger partial charge in [0.2, 0.25) is 5.95 Å². The van der Waals surface area contributed by atoms with Crippen molar-refractivity contribution in [3.8, 4) is 0 Å². The van der Waals surface area contributed by atoms with Gasteiger partial charge in [0.25, 0.3) is 0 Å². The average Bonchev–Trinajstić information content (AvgIpc) is 2.49. The van der Waals surface area contributed by atoms with Gasteiger partial charge in [-0.05, 0) is 18.6 Å². The number of para-hydroxylation sites is 1. The SMILES string of the molecule is OCCCNc1nc(Nc2ccccc2Cl)cc(C(F)(F)F)n1. The molecule has 3 N–H and O–H groups in total. The summed E-state index contributed by atoms with van der Waals surface area (Å²) in [6.07, 6.45) is -4.24. The minimum atomic E-state index is -4.60. The van der Waals surface area contributed by atoms with Crippen LogP contribution >= 0.6 is 11.6 Å². The molecule has 0 atom stereocenters. The molecule has 1 heterocycles. The Kier molecular flexibility index (Phi) is 5.62. The van der Waals surface area contributed by atoms with E-state index in [0.717, 1.165) is 6.07 Å². The third-order valence-electron chi connectivity index (χ3n) is 2.77. The number of halogens is 4. The fourth-order valence-corrected chi connectivity index (χ4v) is 1.90. The molecule has 124 valence electrons. The predicted octanol–water partition coefficient (Wildman–Crippen LogP) is 3.69. The highest BCUT2D eigenvalue weighted by molar-refractivity contribution is 6.33. The van der Waals surface area contributed by atoms with Crippen LogP contribution in [0.3, 0.4) is 0 Å². The van der Waals surface area contributed by atoms with Crippen LogP contribution in [0.4, 0.5) is 30.6 Å². The Labute approximate surface area is 135 Å². The van der Waals surface area contributed by atoms with Crippen LogP contribution in [0.1, 0.15) is 12.1 Å². The zero-order valence-electron chi connectivity index (χ0n) is 11.9. The standard InChI is InChI=1S/C14H14ClF3N4O/c15-9-4-1-2-5-10(9)20-12-8-11(14(16,17)18)21-13(22-12)19-6-3-7-23/h1-2,4-5,8,23H,3,6-7H2,(H2,19,20,21,22). The Hall–Kier alpha value is -2.06. The van der Waals surface area contributed by atoms with E-state index in [0.29, 0.717) is 17.1 Å². The molecular weight excluding hydrogens is 333 g/mol. The number of alkyl halides is 3. The molecule has 0 amide bonds. The average molecular weight is 347 g/mol. The molecule has 0 aliphatic heterocycles. The molecule has 5 nitrogen and oxygen atoms in total. The predicted molar refractivity (Wildman–Crippen MR) is 82.0 cm³/mol. The summed E-state index contributed by atoms with van der Waals surface area (Å²) in [4.78, 5) is 7.42. The van der Waals surface area contributed by atoms with Gasteiger partial charge in [0.1, 0.15) is 5.82 Å². The van der Waals surface area contributed by atoms with E-state index in [1.165, 1.54) is 0 Å². The van der Waals surface area contributed by atoms with Gasteiger partial charge in [-0.15, -0.1) is 0 Å². The summed E-state index contributed by atoms with van der Waals surface area (Å²) in [5.41, 5.74) is -0.643. The number of aliphatic hydroxyl groups excluding tert-OH is 1. The summed E-state index contributed by atoms with van der Waals surface area (Å²) >= 11 is 5.97. The Bertz CT molecular complexity index is 667. The lowest BCUT2D eigenvalue weighted by atomic mass is 10.3. The fourth-order valence-electron chi connectivity index (χ4n) is 1.72. The van der Waals surface area contributed by atoms with Crippen LogP contribution < -0.4 is 10.6 Å². The van der Waals surface area contributed by atoms with Gasteiger partial charge in [-0.25, -0.2) is 4.98 Å². The molecule has 0 bridgehead atoms. The highest BCUT2D eigenvalue weighted by Gasteiger charge is 2.33. The zero-order valence-corrected chi connectivity index (χ0v) is 12.6. The molecule has 1 aromatic carbocycles. The normalized spacial score (nSPS) is 11.3. The van der Waals surface area contributed by atoms with E-state index in [9.17, 15) is 13.2 Å². The lowest BCUT2D eigenvalue weighted by Crippen LogP contribution is -2.14. The lowest BCUT2D eigenvalue weighted by Gasteiger charge is -2.13. The highest BCUT2D eigenvalue weighted by atomic mass is 35.5. The van der Waals surface area contributed by atoms with Gasteiger partial charge in [-0.1, -0.05) is 23.7 Å². The van der Waals surface area contributed by atoms with Crippen molar-refractivity contribution in [3.63, 3.8) is 0 Å². The summed E-state index contributed by atoms with van der Waals surface area (Å²) in [7, 11) is 0. The molecule has 0 spiro atoms. The van der Waals surface area contributed by atoms with Gasteiger partial charge >= 0.3 is 6.18 Å². The van der Waals surface area contributed by atoms with Gasteiger partial charge < -0.3 is 15.7 Å². The molecule has 0 aliphatic carbocycles. The molecule has 23 heavy (non-hydrogen) atoms. The minimum absolute atomic E-state index is 0.0353. The number of rotatable bonds is 6. The van der Waals surface area contributed by atoms with E-state index in [2.05, 4.69) is 20.6 Å². The number of benzene rings is 1. The summed E-state index contributed by atoms with van der Waals surface area (Å²) in [6, 6.07) is 7.43. The Morgan fingerprint density at radius 2 is 1.91 bits per heavy atom. The second-order valence-corrected chi connectivity index (χ2v) is 4.98. The molecule has 0 aliphatic rings. The first-order valence-corrected chi connectivity index (χ1v) is 7.10. The molecule has 0 unspecified atom stereocenters. The summed E-state index contributed by atoms with van der Waals surface area (Å²) in [5, 5.41) is 14.5. The third kappa shape index (κ3) is 4.97. The van der Waals surface area contributed by atoms with Crippen LogP contribution in [0.2, 0.25) is 5.02 Å². The van der Waals surface area contributed by atoms with Gasteiger partial charge in [-0.2, -0.15) is 18.2 Å². The van der Waals surface area contributed by atoms with E-state index in [1.54, 1.807) is 24.3 Å². The zero-order chi connectivity index (χ0) is 16.9. The van der Waals surface area contributed by atoms with Gasteiger partial charge in [-0.3, -0.25) is 0 Å². The largest absolute Gasteiger partial charge is 0.433 e. The summed E-state index contributed by atoms with van der Waals surface area (Å²) in [6.45, 7) is 0.167. The number of hydrogen-bond acceptors (Lipinski definition) is 5. The van der Waals surface area contributed by atoms with Gasteiger partial charge in [0, 0.05) is 19.2 Å². The van der Waals surface area contributed by atoms with Crippen LogP contribution in [0.15, 0.2) is 30.3 Å². The maximum Gasteiger partial charge on any atom is 0.433 e. The molecule has 2 rings (SSSR count). The number of aromatic nitrogens is 2. The van der Waals surface area contributed by atoms with Crippen molar-refractivity contribution in [2.75, 3.05) is 23.8 Å². The number of anilines is 3. The van der Waals surface area contributed by atoms with E-state index in [4.69, 9.17) is 16.7 Å². The Balaban J connectivity index is 2.30. The Morgan fingerprint density at radius 3 is 2.57 bits per heavy atom. The van der Waals surface area contributed by atoms with Crippen molar-refractivity contribution in [1.82, 2.24) is 9.97 Å². The van der Waals surface area contributed by atoms with Crippen molar-refractivity contribution < 1.29 is 18.3 Å².